The molecule has 556 valence electrons. The SMILES string of the molecule is CC(=O)OCC1OC(OCC2OC(OC(=O)C34CCC(C)(C)CC3C3=CCC5C6(C)CCC(OC7OCC(O)C(O)C7OC7OC(C)C(O)C(OC8OCC(O)C(O)C8O)C7O)C(C)(CO)C6CCC5(C)C3(C)CC4)C(O)C(O)C2O)C(O)C(O)C1OC1OC(C)C(O)C(O)C1O. The van der Waals surface area contributed by atoms with Crippen LogP contribution >= 0.6 is 0 Å². The zero-order valence-corrected chi connectivity index (χ0v) is 56.4. The Hall–Kier alpha value is -2.40. The van der Waals surface area contributed by atoms with Crippen molar-refractivity contribution >= 4 is 11.9 Å². The minimum Gasteiger partial charge on any atom is -0.463 e. The lowest BCUT2D eigenvalue weighted by Gasteiger charge is -2.71. The highest BCUT2D eigenvalue weighted by Crippen LogP contribution is 2.76. The lowest BCUT2D eigenvalue weighted by Crippen LogP contribution is -2.67. The second kappa shape index (κ2) is 28.6. The van der Waals surface area contributed by atoms with Crippen LogP contribution in [0, 0.1) is 50.2 Å². The summed E-state index contributed by atoms with van der Waals surface area (Å²) in [5.41, 5.74) is -2.29. The normalized spacial score (nSPS) is 53.8. The first-order valence-electron chi connectivity index (χ1n) is 34.4. The van der Waals surface area contributed by atoms with E-state index in [0.29, 0.717) is 57.8 Å². The molecule has 0 spiro atoms. The average Bonchev–Trinajstić information content (AvgIpc) is 0.675. The van der Waals surface area contributed by atoms with Crippen molar-refractivity contribution in [2.75, 3.05) is 33.0 Å². The third kappa shape index (κ3) is 13.5. The summed E-state index contributed by atoms with van der Waals surface area (Å²) in [6.45, 7) is 14.9. The van der Waals surface area contributed by atoms with E-state index in [9.17, 15) is 86.5 Å². The van der Waals surface area contributed by atoms with Crippen LogP contribution in [0.1, 0.15) is 127 Å². The molecule has 0 bridgehead atoms. The van der Waals surface area contributed by atoms with Gasteiger partial charge in [-0.3, -0.25) is 9.59 Å². The fourth-order valence-electron chi connectivity index (χ4n) is 18.9. The Morgan fingerprint density at radius 3 is 1.77 bits per heavy atom. The van der Waals surface area contributed by atoms with E-state index in [1.807, 2.05) is 6.92 Å². The quantitative estimate of drug-likeness (QED) is 0.0405. The third-order valence-electron chi connectivity index (χ3n) is 25.2. The Kier molecular flexibility index (Phi) is 22.3. The molecule has 10 fully saturated rings. The minimum atomic E-state index is -1.94. The molecule has 6 aliphatic heterocycles. The summed E-state index contributed by atoms with van der Waals surface area (Å²) in [6, 6.07) is 0. The number of fused-ring (bicyclic) bond motifs is 7. The van der Waals surface area contributed by atoms with E-state index < -0.39 is 232 Å². The molecule has 97 heavy (non-hydrogen) atoms. The van der Waals surface area contributed by atoms with Crippen molar-refractivity contribution in [1.29, 1.82) is 0 Å². The number of carbonyl (C=O) groups excluding carboxylic acids is 2. The van der Waals surface area contributed by atoms with Gasteiger partial charge in [0.25, 0.3) is 0 Å². The second-order valence-corrected chi connectivity index (χ2v) is 31.5. The van der Waals surface area contributed by atoms with Gasteiger partial charge in [-0.25, -0.2) is 0 Å². The summed E-state index contributed by atoms with van der Waals surface area (Å²) in [5, 5.41) is 176. The van der Waals surface area contributed by atoms with Crippen LogP contribution in [0.3, 0.4) is 0 Å². The van der Waals surface area contributed by atoms with Gasteiger partial charge in [-0.1, -0.05) is 53.2 Å². The zero-order valence-electron chi connectivity index (χ0n) is 56.4. The van der Waals surface area contributed by atoms with Crippen LogP contribution < -0.4 is 0 Å². The van der Waals surface area contributed by atoms with Gasteiger partial charge >= 0.3 is 11.9 Å². The van der Waals surface area contributed by atoms with Crippen LogP contribution in [0.2, 0.25) is 0 Å². The van der Waals surface area contributed by atoms with E-state index in [2.05, 4.69) is 40.7 Å². The standard InChI is InChI=1S/C66H106O31/c1-26-38(71)43(76)47(80)56(89-26)94-51-34(24-85-28(3)68)92-54(49(82)45(51)78)88-23-33-42(75)44(77)48(81)57(91-33)97-60(84)66-18-16-61(4,5)20-30(66)29-10-11-36-62(6)14-13-37(63(7,25-67)35(62)12-15-65(36,9)64(29,8)17-19-66)93-59-53(41(74)32(70)22-87-59)96-58-50(83)52(39(72)27(2)90-58)95-55-46(79)40(73)31(69)21-86-55/h10,26-27,30-59,67,69-83H,11-25H2,1-9H3. The van der Waals surface area contributed by atoms with Gasteiger partial charge in [-0.15, -0.1) is 0 Å². The summed E-state index contributed by atoms with van der Waals surface area (Å²) in [5.74, 6) is -1.81. The largest absolute Gasteiger partial charge is 0.463 e. The topological polar surface area (TPSA) is 478 Å². The summed E-state index contributed by atoms with van der Waals surface area (Å²) in [4.78, 5) is 27.3. The van der Waals surface area contributed by atoms with Crippen molar-refractivity contribution in [2.45, 2.75) is 305 Å². The van der Waals surface area contributed by atoms with Crippen molar-refractivity contribution in [2.24, 2.45) is 50.2 Å². The summed E-state index contributed by atoms with van der Waals surface area (Å²) in [7, 11) is 0. The Morgan fingerprint density at radius 2 is 1.09 bits per heavy atom. The van der Waals surface area contributed by atoms with Gasteiger partial charge in [-0.05, 0) is 117 Å². The van der Waals surface area contributed by atoms with Crippen LogP contribution in [0.25, 0.3) is 0 Å². The molecule has 11 aliphatic rings. The van der Waals surface area contributed by atoms with Crippen LogP contribution in [-0.4, -0.2) is 305 Å². The van der Waals surface area contributed by atoms with Gasteiger partial charge in [0, 0.05) is 12.3 Å². The van der Waals surface area contributed by atoms with Crippen molar-refractivity contribution in [3.05, 3.63) is 11.6 Å². The molecule has 0 aromatic carbocycles. The molecule has 0 radical (unpaired) electrons. The molecule has 11 rings (SSSR count). The van der Waals surface area contributed by atoms with Crippen molar-refractivity contribution < 1.29 is 153 Å². The molecule has 37 unspecified atom stereocenters. The molecule has 0 amide bonds. The highest BCUT2D eigenvalue weighted by atomic mass is 16.8. The predicted octanol–water partition coefficient (Wildman–Crippen LogP) is -3.51. The number of hydrogen-bond donors (Lipinski definition) is 16. The molecule has 37 atom stereocenters. The highest BCUT2D eigenvalue weighted by Gasteiger charge is 2.71. The molecule has 16 N–H and O–H groups in total. The molecular weight excluding hydrogens is 1290 g/mol. The lowest BCUT2D eigenvalue weighted by atomic mass is 9.33. The third-order valence-corrected chi connectivity index (χ3v) is 25.2. The second-order valence-electron chi connectivity index (χ2n) is 31.5. The van der Waals surface area contributed by atoms with E-state index >= 15 is 4.79 Å². The smallest absolute Gasteiger partial charge is 0.315 e. The number of aliphatic hydroxyl groups is 16. The monoisotopic (exact) mass is 1390 g/mol. The van der Waals surface area contributed by atoms with Crippen LogP contribution in [0.15, 0.2) is 11.6 Å². The van der Waals surface area contributed by atoms with Crippen LogP contribution in [0.5, 0.6) is 0 Å². The molecule has 31 heteroatoms. The first-order valence-corrected chi connectivity index (χ1v) is 34.4. The van der Waals surface area contributed by atoms with E-state index in [0.717, 1.165) is 18.9 Å². The van der Waals surface area contributed by atoms with Gasteiger partial charge in [0.15, 0.2) is 31.5 Å². The Labute approximate surface area is 562 Å². The first-order chi connectivity index (χ1) is 45.5. The molecule has 31 nitrogen and oxygen atoms in total. The summed E-state index contributed by atoms with van der Waals surface area (Å²) >= 11 is 0. The van der Waals surface area contributed by atoms with Gasteiger partial charge < -0.3 is 143 Å². The molecule has 0 aromatic heterocycles. The van der Waals surface area contributed by atoms with Gasteiger partial charge in [0.1, 0.15) is 129 Å². The number of carbonyl (C=O) groups is 2. The Morgan fingerprint density at radius 1 is 0.515 bits per heavy atom. The van der Waals surface area contributed by atoms with Crippen LogP contribution in [-0.2, 0) is 71.2 Å². The number of esters is 2. The number of allylic oxidation sites excluding steroid dienone is 2. The van der Waals surface area contributed by atoms with Gasteiger partial charge in [0.2, 0.25) is 6.29 Å². The Balaban J connectivity index is 0.775. The first kappa shape index (κ1) is 75.7. The molecule has 6 heterocycles. The van der Waals surface area contributed by atoms with E-state index in [1.165, 1.54) is 13.8 Å². The Bertz CT molecular complexity index is 2770. The number of ether oxygens (including phenoxy) is 13. The molecule has 5 aliphatic carbocycles. The number of hydrogen-bond acceptors (Lipinski definition) is 31. The summed E-state index contributed by atoms with van der Waals surface area (Å²) < 4.78 is 76.9. The number of rotatable bonds is 16. The molecule has 4 saturated carbocycles. The van der Waals surface area contributed by atoms with E-state index in [-0.39, 0.29) is 41.8 Å². The maximum absolute atomic E-state index is 15.4. The van der Waals surface area contributed by atoms with E-state index in [1.54, 1.807) is 0 Å². The van der Waals surface area contributed by atoms with Crippen molar-refractivity contribution in [1.82, 2.24) is 0 Å². The van der Waals surface area contributed by atoms with Crippen LogP contribution in [0.4, 0.5) is 0 Å². The fourth-order valence-corrected chi connectivity index (χ4v) is 18.9. The maximum atomic E-state index is 15.4. The predicted molar refractivity (Wildman–Crippen MR) is 324 cm³/mol. The van der Waals surface area contributed by atoms with Crippen molar-refractivity contribution in [3.8, 4) is 0 Å². The number of aliphatic hydroxyl groups excluding tert-OH is 16. The summed E-state index contributed by atoms with van der Waals surface area (Å²) in [6.07, 6.45) is -38.0. The lowest BCUT2D eigenvalue weighted by molar-refractivity contribution is -0.379. The fraction of sp³-hybridized carbons (Fsp3) is 0.939. The van der Waals surface area contributed by atoms with Gasteiger partial charge in [-0.2, -0.15) is 0 Å². The maximum Gasteiger partial charge on any atom is 0.315 e. The van der Waals surface area contributed by atoms with Gasteiger partial charge in [0.05, 0.1) is 50.2 Å². The highest BCUT2D eigenvalue weighted by molar-refractivity contribution is 5.79. The van der Waals surface area contributed by atoms with E-state index in [4.69, 9.17) is 61.6 Å². The molecule has 0 aromatic rings. The molecule has 6 saturated heterocycles. The average molecular weight is 1400 g/mol. The molecular formula is C66H106O31. The van der Waals surface area contributed by atoms with Crippen molar-refractivity contribution in [3.63, 3.8) is 0 Å². The minimum absolute atomic E-state index is 0.0657. The zero-order chi connectivity index (χ0) is 70.7.